The van der Waals surface area contributed by atoms with Crippen LogP contribution in [0.5, 0.6) is 0 Å². The summed E-state index contributed by atoms with van der Waals surface area (Å²) in [5, 5.41) is 0. The first-order valence-corrected chi connectivity index (χ1v) is 25.7. The molecule has 0 aliphatic rings. The zero-order valence-corrected chi connectivity index (χ0v) is 39.1. The predicted molar refractivity (Wildman–Crippen MR) is 247 cm³/mol. The van der Waals surface area contributed by atoms with Crippen LogP contribution in [0.3, 0.4) is 0 Å². The average Bonchev–Trinajstić information content (AvgIpc) is 3.22. The third-order valence-corrected chi connectivity index (χ3v) is 11.5. The molecule has 0 fully saturated rings. The molecule has 0 aliphatic heterocycles. The molecule has 0 aliphatic carbocycles. The maximum absolute atomic E-state index is 12.7. The highest BCUT2D eigenvalue weighted by Crippen LogP contribution is 2.16. The molecule has 342 valence electrons. The van der Waals surface area contributed by atoms with Gasteiger partial charge in [0.25, 0.3) is 0 Å². The second-order valence-electron chi connectivity index (χ2n) is 17.4. The monoisotopic (exact) mass is 819 g/mol. The first kappa shape index (κ1) is 56.1. The molecule has 0 aromatic rings. The molecular formula is C52H98O6. The highest BCUT2D eigenvalue weighted by atomic mass is 16.6. The summed E-state index contributed by atoms with van der Waals surface area (Å²) in [5.74, 6) is -0.865. The smallest absolute Gasteiger partial charge is 0.306 e. The van der Waals surface area contributed by atoms with Crippen molar-refractivity contribution in [2.24, 2.45) is 0 Å². The molecule has 0 saturated heterocycles. The van der Waals surface area contributed by atoms with Gasteiger partial charge in [-0.15, -0.1) is 0 Å². The molecule has 0 amide bonds. The van der Waals surface area contributed by atoms with Gasteiger partial charge in [-0.3, -0.25) is 14.4 Å². The van der Waals surface area contributed by atoms with Crippen molar-refractivity contribution in [3.8, 4) is 0 Å². The summed E-state index contributed by atoms with van der Waals surface area (Å²) in [4.78, 5) is 37.7. The molecule has 6 nitrogen and oxygen atoms in total. The number of allylic oxidation sites excluding steroid dienone is 2. The summed E-state index contributed by atoms with van der Waals surface area (Å²) >= 11 is 0. The van der Waals surface area contributed by atoms with Gasteiger partial charge in [0.2, 0.25) is 0 Å². The first-order chi connectivity index (χ1) is 28.5. The Labute approximate surface area is 360 Å². The molecule has 0 saturated carbocycles. The summed E-state index contributed by atoms with van der Waals surface area (Å²) in [7, 11) is 0. The maximum atomic E-state index is 12.7. The number of unbranched alkanes of at least 4 members (excludes halogenated alkanes) is 34. The van der Waals surface area contributed by atoms with Gasteiger partial charge in [0.15, 0.2) is 6.10 Å². The summed E-state index contributed by atoms with van der Waals surface area (Å²) in [6.07, 6.45) is 52.2. The lowest BCUT2D eigenvalue weighted by Gasteiger charge is -2.18. The van der Waals surface area contributed by atoms with Gasteiger partial charge >= 0.3 is 17.9 Å². The highest BCUT2D eigenvalue weighted by molar-refractivity contribution is 5.71. The van der Waals surface area contributed by atoms with E-state index in [0.717, 1.165) is 57.8 Å². The fourth-order valence-corrected chi connectivity index (χ4v) is 7.61. The molecule has 0 aromatic carbocycles. The van der Waals surface area contributed by atoms with Crippen molar-refractivity contribution in [3.05, 3.63) is 12.2 Å². The third kappa shape index (κ3) is 45.2. The average molecular weight is 819 g/mol. The van der Waals surface area contributed by atoms with Crippen LogP contribution in [0.2, 0.25) is 0 Å². The fourth-order valence-electron chi connectivity index (χ4n) is 7.61. The van der Waals surface area contributed by atoms with Gasteiger partial charge in [-0.05, 0) is 44.9 Å². The van der Waals surface area contributed by atoms with Crippen molar-refractivity contribution in [1.82, 2.24) is 0 Å². The van der Waals surface area contributed by atoms with Crippen LogP contribution in [-0.4, -0.2) is 37.2 Å². The van der Waals surface area contributed by atoms with Gasteiger partial charge in [-0.2, -0.15) is 0 Å². The lowest BCUT2D eigenvalue weighted by Crippen LogP contribution is -2.30. The van der Waals surface area contributed by atoms with E-state index in [9.17, 15) is 14.4 Å². The Balaban J connectivity index is 4.12. The Morgan fingerprint density at radius 1 is 0.328 bits per heavy atom. The second-order valence-corrected chi connectivity index (χ2v) is 17.4. The minimum atomic E-state index is -0.761. The van der Waals surface area contributed by atoms with Crippen LogP contribution >= 0.6 is 0 Å². The van der Waals surface area contributed by atoms with Crippen LogP contribution < -0.4 is 0 Å². The minimum absolute atomic E-state index is 0.0669. The summed E-state index contributed by atoms with van der Waals surface area (Å²) < 4.78 is 16.7. The van der Waals surface area contributed by atoms with Gasteiger partial charge in [0.1, 0.15) is 13.2 Å². The van der Waals surface area contributed by atoms with Crippen LogP contribution in [-0.2, 0) is 28.6 Å². The Hall–Kier alpha value is -1.85. The van der Waals surface area contributed by atoms with E-state index in [2.05, 4.69) is 32.9 Å². The van der Waals surface area contributed by atoms with Crippen molar-refractivity contribution >= 4 is 17.9 Å². The SMILES string of the molecule is CCCCCCCCCC/C=C\CCCCCCCCCCCC(=O)OCC(COC(=O)CCCCCCCC)OC(=O)CCCCCCCCCCCCCCC. The topological polar surface area (TPSA) is 78.9 Å². The lowest BCUT2D eigenvalue weighted by atomic mass is 10.0. The number of carbonyl (C=O) groups is 3. The van der Waals surface area contributed by atoms with Crippen molar-refractivity contribution in [2.75, 3.05) is 13.2 Å². The predicted octanol–water partition coefficient (Wildman–Crippen LogP) is 16.6. The normalized spacial score (nSPS) is 12.0. The molecule has 1 unspecified atom stereocenters. The summed E-state index contributed by atoms with van der Waals surface area (Å²) in [5.41, 5.74) is 0. The first-order valence-electron chi connectivity index (χ1n) is 25.7. The van der Waals surface area contributed by atoms with Crippen LogP contribution in [0, 0.1) is 0 Å². The van der Waals surface area contributed by atoms with E-state index < -0.39 is 6.10 Å². The number of hydrogen-bond acceptors (Lipinski definition) is 6. The van der Waals surface area contributed by atoms with Gasteiger partial charge in [-0.25, -0.2) is 0 Å². The Morgan fingerprint density at radius 2 is 0.569 bits per heavy atom. The van der Waals surface area contributed by atoms with E-state index in [-0.39, 0.29) is 31.1 Å². The molecule has 0 aromatic heterocycles. The Bertz CT molecular complexity index is 900. The molecule has 0 heterocycles. The summed E-state index contributed by atoms with van der Waals surface area (Å²) in [6, 6.07) is 0. The molecule has 0 rings (SSSR count). The van der Waals surface area contributed by atoms with E-state index in [1.807, 2.05) is 0 Å². The van der Waals surface area contributed by atoms with Gasteiger partial charge in [0, 0.05) is 19.3 Å². The number of rotatable bonds is 47. The number of hydrogen-bond donors (Lipinski definition) is 0. The van der Waals surface area contributed by atoms with Gasteiger partial charge < -0.3 is 14.2 Å². The minimum Gasteiger partial charge on any atom is -0.462 e. The van der Waals surface area contributed by atoms with E-state index in [1.165, 1.54) is 186 Å². The Kier molecular flexibility index (Phi) is 46.3. The number of ether oxygens (including phenoxy) is 3. The van der Waals surface area contributed by atoms with Crippen molar-refractivity contribution in [2.45, 2.75) is 290 Å². The van der Waals surface area contributed by atoms with Gasteiger partial charge in [0.05, 0.1) is 0 Å². The van der Waals surface area contributed by atoms with Crippen molar-refractivity contribution in [1.29, 1.82) is 0 Å². The molecule has 58 heavy (non-hydrogen) atoms. The third-order valence-electron chi connectivity index (χ3n) is 11.5. The van der Waals surface area contributed by atoms with E-state index in [0.29, 0.717) is 19.3 Å². The Morgan fingerprint density at radius 3 is 0.862 bits per heavy atom. The molecule has 0 spiro atoms. The fraction of sp³-hybridized carbons (Fsp3) is 0.904. The number of carbonyl (C=O) groups excluding carboxylic acids is 3. The molecule has 0 N–H and O–H groups in total. The molecule has 0 bridgehead atoms. The largest absolute Gasteiger partial charge is 0.462 e. The zero-order chi connectivity index (χ0) is 42.3. The van der Waals surface area contributed by atoms with Gasteiger partial charge in [-0.1, -0.05) is 232 Å². The number of esters is 3. The lowest BCUT2D eigenvalue weighted by molar-refractivity contribution is -0.167. The summed E-state index contributed by atoms with van der Waals surface area (Å²) in [6.45, 7) is 6.60. The zero-order valence-electron chi connectivity index (χ0n) is 39.1. The second kappa shape index (κ2) is 47.8. The quantitative estimate of drug-likeness (QED) is 0.0263. The standard InChI is InChI=1S/C52H98O6/c1-4-7-10-13-16-18-20-22-23-24-25-26-27-28-29-31-32-34-36-39-42-45-51(54)57-48-49(47-56-50(53)44-41-38-15-12-9-6-3)58-52(55)46-43-40-37-35-33-30-21-19-17-14-11-8-5-2/h24-25,49H,4-23,26-48H2,1-3H3/b25-24-. The maximum Gasteiger partial charge on any atom is 0.306 e. The molecule has 1 atom stereocenters. The van der Waals surface area contributed by atoms with Crippen LogP contribution in [0.4, 0.5) is 0 Å². The van der Waals surface area contributed by atoms with E-state index >= 15 is 0 Å². The molecule has 0 radical (unpaired) electrons. The van der Waals surface area contributed by atoms with E-state index in [4.69, 9.17) is 14.2 Å². The van der Waals surface area contributed by atoms with Crippen LogP contribution in [0.25, 0.3) is 0 Å². The van der Waals surface area contributed by atoms with Crippen LogP contribution in [0.1, 0.15) is 284 Å². The molecule has 6 heteroatoms. The van der Waals surface area contributed by atoms with Crippen molar-refractivity contribution in [3.63, 3.8) is 0 Å². The van der Waals surface area contributed by atoms with E-state index in [1.54, 1.807) is 0 Å². The van der Waals surface area contributed by atoms with Crippen LogP contribution in [0.15, 0.2) is 12.2 Å². The van der Waals surface area contributed by atoms with Crippen molar-refractivity contribution < 1.29 is 28.6 Å². The molecular weight excluding hydrogens is 721 g/mol. The highest BCUT2D eigenvalue weighted by Gasteiger charge is 2.19.